The van der Waals surface area contributed by atoms with Crippen LogP contribution in [0, 0.1) is 0 Å². The van der Waals surface area contributed by atoms with Crippen molar-refractivity contribution >= 4 is 6.09 Å². The van der Waals surface area contributed by atoms with Gasteiger partial charge in [-0.3, -0.25) is 0 Å². The molecule has 4 heteroatoms. The number of hydrogen-bond acceptors (Lipinski definition) is 3. The summed E-state index contributed by atoms with van der Waals surface area (Å²) in [5.41, 5.74) is 2.02. The summed E-state index contributed by atoms with van der Waals surface area (Å²) in [4.78, 5) is 11.5. The van der Waals surface area contributed by atoms with Crippen LogP contribution in [0.15, 0.2) is 18.2 Å². The fourth-order valence-corrected chi connectivity index (χ4v) is 2.02. The van der Waals surface area contributed by atoms with Crippen LogP contribution in [0.5, 0.6) is 5.75 Å². The molecule has 0 atom stereocenters. The molecule has 1 aromatic carbocycles. The van der Waals surface area contributed by atoms with E-state index in [4.69, 9.17) is 9.47 Å². The van der Waals surface area contributed by atoms with E-state index in [1.807, 2.05) is 32.9 Å². The third-order valence-corrected chi connectivity index (χ3v) is 2.84. The monoisotopic (exact) mass is 263 g/mol. The van der Waals surface area contributed by atoms with Crippen LogP contribution in [0.4, 0.5) is 4.79 Å². The topological polar surface area (TPSA) is 47.6 Å². The van der Waals surface area contributed by atoms with Gasteiger partial charge >= 0.3 is 6.09 Å². The van der Waals surface area contributed by atoms with Crippen LogP contribution < -0.4 is 10.1 Å². The summed E-state index contributed by atoms with van der Waals surface area (Å²) in [6.45, 7) is 6.91. The molecule has 1 N–H and O–H groups in total. The number of carbonyl (C=O) groups excluding carboxylic acids is 1. The number of carbonyl (C=O) groups is 1. The molecule has 0 spiro atoms. The van der Waals surface area contributed by atoms with Gasteiger partial charge in [0.1, 0.15) is 11.4 Å². The van der Waals surface area contributed by atoms with Crippen molar-refractivity contribution in [1.29, 1.82) is 0 Å². The van der Waals surface area contributed by atoms with E-state index in [-0.39, 0.29) is 6.09 Å². The largest absolute Gasteiger partial charge is 0.493 e. The van der Waals surface area contributed by atoms with Crippen LogP contribution in [0.25, 0.3) is 0 Å². The fraction of sp³-hybridized carbons (Fsp3) is 0.533. The SMILES string of the molecule is CC(C)(C)OC(=O)NCCc1ccc2c(c1)CCO2. The highest BCUT2D eigenvalue weighted by Gasteiger charge is 2.16. The normalized spacial score (nSPS) is 13.6. The Labute approximate surface area is 114 Å². The predicted octanol–water partition coefficient (Wildman–Crippen LogP) is 2.69. The van der Waals surface area contributed by atoms with Crippen molar-refractivity contribution in [2.75, 3.05) is 13.2 Å². The Morgan fingerprint density at radius 3 is 2.95 bits per heavy atom. The summed E-state index contributed by atoms with van der Waals surface area (Å²) in [6, 6.07) is 6.20. The molecule has 0 aliphatic carbocycles. The van der Waals surface area contributed by atoms with Crippen LogP contribution in [-0.2, 0) is 17.6 Å². The summed E-state index contributed by atoms with van der Waals surface area (Å²) >= 11 is 0. The number of amides is 1. The van der Waals surface area contributed by atoms with Crippen molar-refractivity contribution in [2.45, 2.75) is 39.2 Å². The van der Waals surface area contributed by atoms with Crippen LogP contribution in [0.1, 0.15) is 31.9 Å². The molecule has 1 heterocycles. The predicted molar refractivity (Wildman–Crippen MR) is 73.6 cm³/mol. The second kappa shape index (κ2) is 5.51. The van der Waals surface area contributed by atoms with Gasteiger partial charge in [-0.25, -0.2) is 4.79 Å². The van der Waals surface area contributed by atoms with E-state index in [9.17, 15) is 4.79 Å². The van der Waals surface area contributed by atoms with Gasteiger partial charge in [-0.1, -0.05) is 12.1 Å². The lowest BCUT2D eigenvalue weighted by molar-refractivity contribution is 0.0528. The van der Waals surface area contributed by atoms with E-state index in [0.29, 0.717) is 6.54 Å². The highest BCUT2D eigenvalue weighted by atomic mass is 16.6. The molecular weight excluding hydrogens is 242 g/mol. The van der Waals surface area contributed by atoms with Crippen molar-refractivity contribution < 1.29 is 14.3 Å². The molecule has 19 heavy (non-hydrogen) atoms. The van der Waals surface area contributed by atoms with Crippen molar-refractivity contribution in [1.82, 2.24) is 5.32 Å². The van der Waals surface area contributed by atoms with Gasteiger partial charge in [0.15, 0.2) is 0 Å². The third-order valence-electron chi connectivity index (χ3n) is 2.84. The number of nitrogens with one attached hydrogen (secondary N) is 1. The van der Waals surface area contributed by atoms with Gasteiger partial charge in [0, 0.05) is 13.0 Å². The number of ether oxygens (including phenoxy) is 2. The Bertz CT molecular complexity index is 463. The van der Waals surface area contributed by atoms with Crippen molar-refractivity contribution in [3.63, 3.8) is 0 Å². The molecule has 0 bridgehead atoms. The molecule has 2 rings (SSSR count). The third kappa shape index (κ3) is 4.16. The fourth-order valence-electron chi connectivity index (χ4n) is 2.02. The number of alkyl carbamates (subject to hydrolysis) is 1. The standard InChI is InChI=1S/C15H21NO3/c1-15(2,3)19-14(17)16-8-6-11-4-5-13-12(10-11)7-9-18-13/h4-5,10H,6-9H2,1-3H3,(H,16,17). The first-order valence-electron chi connectivity index (χ1n) is 6.65. The molecule has 104 valence electrons. The smallest absolute Gasteiger partial charge is 0.407 e. The van der Waals surface area contributed by atoms with Gasteiger partial charge in [0.2, 0.25) is 0 Å². The average molecular weight is 263 g/mol. The Hall–Kier alpha value is -1.71. The first kappa shape index (κ1) is 13.7. The minimum atomic E-state index is -0.449. The van der Waals surface area contributed by atoms with E-state index < -0.39 is 5.60 Å². The molecule has 0 aromatic heterocycles. The average Bonchev–Trinajstić information content (AvgIpc) is 2.73. The second-order valence-corrected chi connectivity index (χ2v) is 5.72. The molecule has 0 saturated heterocycles. The van der Waals surface area contributed by atoms with Crippen LogP contribution >= 0.6 is 0 Å². The van der Waals surface area contributed by atoms with E-state index in [1.165, 1.54) is 11.1 Å². The lowest BCUT2D eigenvalue weighted by atomic mass is 10.1. The maximum absolute atomic E-state index is 11.5. The molecule has 0 fully saturated rings. The van der Waals surface area contributed by atoms with Gasteiger partial charge in [0.05, 0.1) is 6.61 Å². The summed E-state index contributed by atoms with van der Waals surface area (Å²) < 4.78 is 10.6. The van der Waals surface area contributed by atoms with Crippen molar-refractivity contribution in [2.24, 2.45) is 0 Å². The number of fused-ring (bicyclic) bond motifs is 1. The van der Waals surface area contributed by atoms with E-state index in [1.54, 1.807) is 0 Å². The van der Waals surface area contributed by atoms with Gasteiger partial charge in [-0.05, 0) is 44.4 Å². The van der Waals surface area contributed by atoms with Crippen LogP contribution in [-0.4, -0.2) is 24.8 Å². The Morgan fingerprint density at radius 2 is 2.21 bits per heavy atom. The molecular formula is C15H21NO3. The summed E-state index contributed by atoms with van der Waals surface area (Å²) in [6.07, 6.45) is 1.41. The lowest BCUT2D eigenvalue weighted by Gasteiger charge is -2.19. The van der Waals surface area contributed by atoms with Gasteiger partial charge in [-0.15, -0.1) is 0 Å². The van der Waals surface area contributed by atoms with E-state index in [0.717, 1.165) is 25.2 Å². The Balaban J connectivity index is 1.78. The molecule has 0 saturated carbocycles. The molecule has 4 nitrogen and oxygen atoms in total. The number of benzene rings is 1. The van der Waals surface area contributed by atoms with Gasteiger partial charge in [0.25, 0.3) is 0 Å². The van der Waals surface area contributed by atoms with Gasteiger partial charge in [-0.2, -0.15) is 0 Å². The minimum absolute atomic E-state index is 0.364. The minimum Gasteiger partial charge on any atom is -0.493 e. The van der Waals surface area contributed by atoms with Crippen molar-refractivity contribution in [3.05, 3.63) is 29.3 Å². The highest BCUT2D eigenvalue weighted by Crippen LogP contribution is 2.25. The highest BCUT2D eigenvalue weighted by molar-refractivity contribution is 5.67. The molecule has 1 aliphatic rings. The first-order valence-corrected chi connectivity index (χ1v) is 6.65. The number of rotatable bonds is 3. The van der Waals surface area contributed by atoms with Crippen LogP contribution in [0.3, 0.4) is 0 Å². The number of hydrogen-bond donors (Lipinski definition) is 1. The maximum Gasteiger partial charge on any atom is 0.407 e. The zero-order valence-corrected chi connectivity index (χ0v) is 11.8. The molecule has 1 aromatic rings. The molecule has 0 unspecified atom stereocenters. The summed E-state index contributed by atoms with van der Waals surface area (Å²) in [5, 5.41) is 2.76. The van der Waals surface area contributed by atoms with Gasteiger partial charge < -0.3 is 14.8 Å². The molecule has 1 aliphatic heterocycles. The maximum atomic E-state index is 11.5. The zero-order chi connectivity index (χ0) is 13.9. The molecule has 1 amide bonds. The second-order valence-electron chi connectivity index (χ2n) is 5.72. The lowest BCUT2D eigenvalue weighted by Crippen LogP contribution is -2.33. The van der Waals surface area contributed by atoms with E-state index >= 15 is 0 Å². The summed E-state index contributed by atoms with van der Waals surface area (Å²) in [5.74, 6) is 0.990. The molecule has 0 radical (unpaired) electrons. The summed E-state index contributed by atoms with van der Waals surface area (Å²) in [7, 11) is 0. The van der Waals surface area contributed by atoms with Crippen LogP contribution in [0.2, 0.25) is 0 Å². The van der Waals surface area contributed by atoms with E-state index in [2.05, 4.69) is 11.4 Å². The quantitative estimate of drug-likeness (QED) is 0.912. The Kier molecular flexibility index (Phi) is 3.98. The zero-order valence-electron chi connectivity index (χ0n) is 11.8. The Morgan fingerprint density at radius 1 is 1.42 bits per heavy atom. The first-order chi connectivity index (χ1) is 8.94. The van der Waals surface area contributed by atoms with Crippen molar-refractivity contribution in [3.8, 4) is 5.75 Å².